The molecule has 6 atom stereocenters. The average Bonchev–Trinajstić information content (AvgIpc) is 3.40. The van der Waals surface area contributed by atoms with Crippen LogP contribution in [-0.2, 0) is 6.42 Å². The van der Waals surface area contributed by atoms with Crippen LogP contribution in [-0.4, -0.2) is 22.0 Å². The molecule has 4 heteroatoms. The molecule has 6 rings (SSSR count). The Morgan fingerprint density at radius 3 is 2.85 bits per heavy atom. The van der Waals surface area contributed by atoms with Crippen molar-refractivity contribution in [1.29, 1.82) is 0 Å². The number of pyridine rings is 1. The van der Waals surface area contributed by atoms with Crippen molar-refractivity contribution < 1.29 is 14.3 Å². The largest absolute Gasteiger partial charge is 0.393 e. The molecule has 0 unspecified atom stereocenters. The van der Waals surface area contributed by atoms with Gasteiger partial charge in [0.15, 0.2) is 5.78 Å². The van der Waals surface area contributed by atoms with Gasteiger partial charge >= 0.3 is 0 Å². The minimum Gasteiger partial charge on any atom is -0.393 e. The van der Waals surface area contributed by atoms with E-state index in [2.05, 4.69) is 30.1 Å². The van der Waals surface area contributed by atoms with Crippen LogP contribution < -0.4 is 0 Å². The average molecular weight is 460 g/mol. The first-order chi connectivity index (χ1) is 16.4. The summed E-state index contributed by atoms with van der Waals surface area (Å²) in [6.07, 6.45) is 13.9. The summed E-state index contributed by atoms with van der Waals surface area (Å²) in [5, 5.41) is 10.1. The van der Waals surface area contributed by atoms with Crippen LogP contribution in [0, 0.1) is 29.0 Å². The van der Waals surface area contributed by atoms with Crippen LogP contribution in [0.5, 0.6) is 0 Å². The van der Waals surface area contributed by atoms with Gasteiger partial charge in [-0.15, -0.1) is 0 Å². The second kappa shape index (κ2) is 8.41. The topological polar surface area (TPSA) is 50.2 Å². The second-order valence-electron chi connectivity index (χ2n) is 11.4. The first-order valence-corrected chi connectivity index (χ1v) is 13.1. The molecule has 0 radical (unpaired) electrons. The molecule has 3 nitrogen and oxygen atoms in total. The predicted molar refractivity (Wildman–Crippen MR) is 131 cm³/mol. The van der Waals surface area contributed by atoms with E-state index in [4.69, 9.17) is 0 Å². The number of carbonyl (C=O) groups is 1. The van der Waals surface area contributed by atoms with Gasteiger partial charge in [0.1, 0.15) is 5.82 Å². The molecule has 0 aliphatic heterocycles. The van der Waals surface area contributed by atoms with E-state index in [-0.39, 0.29) is 29.0 Å². The number of aryl methyl sites for hydroxylation is 1. The first kappa shape index (κ1) is 22.2. The fraction of sp³-hybridized carbons (Fsp3) is 0.533. The number of hydrogen-bond donors (Lipinski definition) is 1. The van der Waals surface area contributed by atoms with E-state index in [1.807, 2.05) is 12.3 Å². The van der Waals surface area contributed by atoms with Crippen LogP contribution in [0.1, 0.15) is 91.3 Å². The minimum atomic E-state index is -0.313. The lowest BCUT2D eigenvalue weighted by molar-refractivity contribution is 0.0863. The molecule has 0 amide bonds. The Morgan fingerprint density at radius 1 is 1.18 bits per heavy atom. The third kappa shape index (κ3) is 3.57. The molecule has 4 aliphatic carbocycles. The van der Waals surface area contributed by atoms with E-state index in [1.54, 1.807) is 6.07 Å². The number of benzene rings is 1. The highest BCUT2D eigenvalue weighted by Gasteiger charge is 2.52. The zero-order valence-corrected chi connectivity index (χ0v) is 20.0. The minimum absolute atomic E-state index is 0.0756. The standard InChI is InChI=1S/C30H34FNO2/c1-30-12-11-24-23-7-6-20(29(34)15-19-3-2-4-28(19)33)13-18(23)5-8-25(24)27(30)10-9-26(30)21-14-22(31)17-32-16-21/h6-7,9,13-14,16-17,19,24-25,27-28,33H,2-5,8,10-12,15H2,1H3/t19-,24-,25-,27+,28+,30-/m1/s1. The molecule has 2 fully saturated rings. The first-order valence-electron chi connectivity index (χ1n) is 13.1. The number of nitrogens with zero attached hydrogens (tertiary/aromatic N) is 1. The van der Waals surface area contributed by atoms with Gasteiger partial charge in [0.25, 0.3) is 0 Å². The molecule has 2 saturated carbocycles. The van der Waals surface area contributed by atoms with Crippen LogP contribution in [0.3, 0.4) is 0 Å². The van der Waals surface area contributed by atoms with Gasteiger partial charge in [-0.1, -0.05) is 31.6 Å². The molecule has 178 valence electrons. The number of carbonyl (C=O) groups excluding carboxylic acids is 1. The fourth-order valence-electron chi connectivity index (χ4n) is 7.94. The monoisotopic (exact) mass is 459 g/mol. The van der Waals surface area contributed by atoms with E-state index >= 15 is 0 Å². The van der Waals surface area contributed by atoms with Gasteiger partial charge in [0.2, 0.25) is 0 Å². The van der Waals surface area contributed by atoms with Crippen molar-refractivity contribution in [3.63, 3.8) is 0 Å². The van der Waals surface area contributed by atoms with Crippen molar-refractivity contribution in [1.82, 2.24) is 4.98 Å². The summed E-state index contributed by atoms with van der Waals surface area (Å²) in [7, 11) is 0. The molecule has 4 aliphatic rings. The van der Waals surface area contributed by atoms with Crippen LogP contribution in [0.4, 0.5) is 4.39 Å². The Labute approximate surface area is 201 Å². The van der Waals surface area contributed by atoms with Crippen LogP contribution in [0.25, 0.3) is 5.57 Å². The summed E-state index contributed by atoms with van der Waals surface area (Å²) in [4.78, 5) is 17.1. The third-order valence-corrected chi connectivity index (χ3v) is 9.71. The number of Topliss-reactive ketones (excluding diaryl/α,β-unsaturated/α-hetero) is 1. The molecule has 0 bridgehead atoms. The molecule has 0 saturated heterocycles. The quantitative estimate of drug-likeness (QED) is 0.531. The maximum Gasteiger partial charge on any atom is 0.163 e. The highest BCUT2D eigenvalue weighted by atomic mass is 19.1. The van der Waals surface area contributed by atoms with Gasteiger partial charge in [0, 0.05) is 18.2 Å². The number of hydrogen-bond acceptors (Lipinski definition) is 3. The van der Waals surface area contributed by atoms with Crippen molar-refractivity contribution in [2.45, 2.75) is 76.7 Å². The molecule has 1 N–H and O–H groups in total. The Morgan fingerprint density at radius 2 is 2.06 bits per heavy atom. The van der Waals surface area contributed by atoms with Gasteiger partial charge in [-0.05, 0) is 108 Å². The number of ketones is 1. The van der Waals surface area contributed by atoms with Crippen LogP contribution >= 0.6 is 0 Å². The summed E-state index contributed by atoms with van der Waals surface area (Å²) in [6.45, 7) is 2.38. The number of fused-ring (bicyclic) bond motifs is 5. The zero-order chi connectivity index (χ0) is 23.4. The number of allylic oxidation sites excluding steroid dienone is 2. The van der Waals surface area contributed by atoms with Gasteiger partial charge in [0.05, 0.1) is 12.3 Å². The predicted octanol–water partition coefficient (Wildman–Crippen LogP) is 6.50. The van der Waals surface area contributed by atoms with Crippen molar-refractivity contribution in [3.8, 4) is 0 Å². The fourth-order valence-corrected chi connectivity index (χ4v) is 7.94. The zero-order valence-electron chi connectivity index (χ0n) is 20.0. The molecule has 1 aromatic carbocycles. The molecular formula is C30H34FNO2. The number of halogens is 1. The number of aliphatic hydroxyl groups excluding tert-OH is 1. The highest BCUT2D eigenvalue weighted by Crippen LogP contribution is 2.63. The summed E-state index contributed by atoms with van der Waals surface area (Å²) in [5.74, 6) is 1.78. The van der Waals surface area contributed by atoms with Gasteiger partial charge in [-0.25, -0.2) is 4.39 Å². The van der Waals surface area contributed by atoms with Gasteiger partial charge < -0.3 is 5.11 Å². The Bertz CT molecular complexity index is 1160. The van der Waals surface area contributed by atoms with Crippen LogP contribution in [0.2, 0.25) is 0 Å². The summed E-state index contributed by atoms with van der Waals surface area (Å²) in [6, 6.07) is 8.06. The maximum absolute atomic E-state index is 13.9. The summed E-state index contributed by atoms with van der Waals surface area (Å²) >= 11 is 0. The van der Waals surface area contributed by atoms with Gasteiger partial charge in [-0.2, -0.15) is 0 Å². The number of rotatable bonds is 4. The SMILES string of the molecule is C[C@]12CC[C@@H]3c4ccc(C(=O)C[C@H]5CCC[C@@H]5O)cc4CC[C@H]3[C@@H]1CC=C2c1cncc(F)c1. The molecule has 0 spiro atoms. The highest BCUT2D eigenvalue weighted by molar-refractivity contribution is 5.96. The van der Waals surface area contributed by atoms with E-state index < -0.39 is 0 Å². The van der Waals surface area contributed by atoms with Crippen molar-refractivity contribution in [2.75, 3.05) is 0 Å². The smallest absolute Gasteiger partial charge is 0.163 e. The summed E-state index contributed by atoms with van der Waals surface area (Å²) in [5.41, 5.74) is 5.91. The van der Waals surface area contributed by atoms with Crippen molar-refractivity contribution in [2.24, 2.45) is 23.2 Å². The summed E-state index contributed by atoms with van der Waals surface area (Å²) < 4.78 is 13.9. The Hall–Kier alpha value is -2.33. The normalized spacial score (nSPS) is 34.2. The molecular weight excluding hydrogens is 425 g/mol. The Kier molecular flexibility index (Phi) is 5.48. The van der Waals surface area contributed by atoms with Crippen molar-refractivity contribution >= 4 is 11.4 Å². The third-order valence-electron chi connectivity index (χ3n) is 9.71. The van der Waals surface area contributed by atoms with E-state index in [0.29, 0.717) is 24.2 Å². The van der Waals surface area contributed by atoms with E-state index in [9.17, 15) is 14.3 Å². The van der Waals surface area contributed by atoms with Crippen molar-refractivity contribution in [3.05, 3.63) is 70.8 Å². The van der Waals surface area contributed by atoms with Crippen LogP contribution in [0.15, 0.2) is 42.7 Å². The van der Waals surface area contributed by atoms with Gasteiger partial charge in [-0.3, -0.25) is 9.78 Å². The Balaban J connectivity index is 1.22. The van der Waals surface area contributed by atoms with E-state index in [1.165, 1.54) is 22.9 Å². The second-order valence-corrected chi connectivity index (χ2v) is 11.4. The van der Waals surface area contributed by atoms with E-state index in [0.717, 1.165) is 62.5 Å². The lowest BCUT2D eigenvalue weighted by Gasteiger charge is -2.50. The number of aromatic nitrogens is 1. The molecule has 1 heterocycles. The molecule has 1 aromatic heterocycles. The molecule has 34 heavy (non-hydrogen) atoms. The lowest BCUT2D eigenvalue weighted by Crippen LogP contribution is -2.41. The lowest BCUT2D eigenvalue weighted by atomic mass is 9.54. The number of aliphatic hydroxyl groups is 1. The molecule has 2 aromatic rings. The maximum atomic E-state index is 13.9.